The number of aryl methyl sites for hydroxylation is 2. The highest BCUT2D eigenvalue weighted by Crippen LogP contribution is 2.37. The Hall–Kier alpha value is -1.05. The second-order valence-electron chi connectivity index (χ2n) is 5.08. The van der Waals surface area contributed by atoms with E-state index < -0.39 is 0 Å². The Morgan fingerprint density at radius 2 is 2.21 bits per heavy atom. The number of nitrogens with zero attached hydrogens (tertiary/aromatic N) is 1. The van der Waals surface area contributed by atoms with Crippen molar-refractivity contribution in [1.29, 1.82) is 0 Å². The van der Waals surface area contributed by atoms with E-state index >= 15 is 0 Å². The fourth-order valence-corrected chi connectivity index (χ4v) is 2.52. The Balaban J connectivity index is 2.18. The molecule has 2 heterocycles. The highest BCUT2D eigenvalue weighted by Gasteiger charge is 2.32. The second-order valence-corrected chi connectivity index (χ2v) is 5.08. The maximum Gasteiger partial charge on any atom is 0.0711 e. The van der Waals surface area contributed by atoms with Gasteiger partial charge < -0.3 is 5.32 Å². The number of pyridine rings is 1. The summed E-state index contributed by atoms with van der Waals surface area (Å²) in [5.74, 6) is 0. The maximum absolute atomic E-state index is 4.82. The zero-order valence-electron chi connectivity index (χ0n) is 8.85. The molecule has 2 heteroatoms. The first-order valence-electron chi connectivity index (χ1n) is 5.44. The van der Waals surface area contributed by atoms with E-state index in [0.717, 1.165) is 6.54 Å². The van der Waals surface area contributed by atoms with Gasteiger partial charge in [-0.2, -0.15) is 0 Å². The van der Waals surface area contributed by atoms with Crippen LogP contribution >= 0.6 is 0 Å². The second kappa shape index (κ2) is 2.50. The molecule has 1 aliphatic heterocycles. The molecule has 0 saturated carbocycles. The predicted octanol–water partition coefficient (Wildman–Crippen LogP) is 2.27. The molecule has 0 fully saturated rings. The molecule has 2 nitrogen and oxygen atoms in total. The van der Waals surface area contributed by atoms with Crippen molar-refractivity contribution in [1.82, 2.24) is 4.98 Å². The summed E-state index contributed by atoms with van der Waals surface area (Å²) in [5.41, 5.74) is 5.58. The Morgan fingerprint density at radius 3 is 3.07 bits per heavy atom. The van der Waals surface area contributed by atoms with Gasteiger partial charge in [-0.05, 0) is 30.9 Å². The quantitative estimate of drug-likeness (QED) is 0.675. The third kappa shape index (κ3) is 0.999. The minimum atomic E-state index is 0.215. The van der Waals surface area contributed by atoms with Crippen molar-refractivity contribution in [2.75, 3.05) is 11.9 Å². The average molecular weight is 188 g/mol. The van der Waals surface area contributed by atoms with E-state index in [0.29, 0.717) is 0 Å². The zero-order valence-corrected chi connectivity index (χ0v) is 8.85. The number of rotatable bonds is 0. The highest BCUT2D eigenvalue weighted by molar-refractivity contribution is 5.59. The molecular weight excluding hydrogens is 172 g/mol. The van der Waals surface area contributed by atoms with Gasteiger partial charge in [0.15, 0.2) is 0 Å². The number of aromatic nitrogens is 1. The molecular formula is C12H16N2. The molecule has 1 aromatic heterocycles. The summed E-state index contributed by atoms with van der Waals surface area (Å²) in [6.07, 6.45) is 3.68. The predicted molar refractivity (Wildman–Crippen MR) is 57.8 cm³/mol. The maximum atomic E-state index is 4.82. The Bertz CT molecular complexity index is 394. The van der Waals surface area contributed by atoms with Crippen LogP contribution in [0.1, 0.15) is 37.2 Å². The van der Waals surface area contributed by atoms with Gasteiger partial charge >= 0.3 is 0 Å². The number of hydrogen-bond donors (Lipinski definition) is 1. The topological polar surface area (TPSA) is 24.9 Å². The SMILES string of the molecule is CC1(C)CNc2cc3c(nc21)CCC3. The zero-order chi connectivity index (χ0) is 9.76. The van der Waals surface area contributed by atoms with Gasteiger partial charge in [0.05, 0.1) is 11.4 Å². The minimum absolute atomic E-state index is 0.215. The molecule has 0 unspecified atom stereocenters. The number of anilines is 1. The van der Waals surface area contributed by atoms with Crippen molar-refractivity contribution in [2.24, 2.45) is 0 Å². The molecule has 0 amide bonds. The van der Waals surface area contributed by atoms with Crippen LogP contribution in [0.4, 0.5) is 5.69 Å². The van der Waals surface area contributed by atoms with Crippen LogP contribution in [0.3, 0.4) is 0 Å². The fraction of sp³-hybridized carbons (Fsp3) is 0.583. The molecule has 0 bridgehead atoms. The minimum Gasteiger partial charge on any atom is -0.383 e. The summed E-state index contributed by atoms with van der Waals surface area (Å²) in [5, 5.41) is 3.46. The number of hydrogen-bond acceptors (Lipinski definition) is 2. The molecule has 1 aliphatic carbocycles. The van der Waals surface area contributed by atoms with Crippen LogP contribution in [0.2, 0.25) is 0 Å². The first kappa shape index (κ1) is 8.27. The van der Waals surface area contributed by atoms with E-state index in [-0.39, 0.29) is 5.41 Å². The third-order valence-corrected chi connectivity index (χ3v) is 3.41. The van der Waals surface area contributed by atoms with Gasteiger partial charge in [0.25, 0.3) is 0 Å². The van der Waals surface area contributed by atoms with E-state index in [2.05, 4.69) is 25.2 Å². The normalized spacial score (nSPS) is 21.6. The Morgan fingerprint density at radius 1 is 1.36 bits per heavy atom. The van der Waals surface area contributed by atoms with Crippen LogP contribution in [0.15, 0.2) is 6.07 Å². The van der Waals surface area contributed by atoms with Gasteiger partial charge in [0, 0.05) is 17.7 Å². The molecule has 74 valence electrons. The van der Waals surface area contributed by atoms with Gasteiger partial charge in [0.2, 0.25) is 0 Å². The van der Waals surface area contributed by atoms with E-state index in [4.69, 9.17) is 4.98 Å². The summed E-state index contributed by atoms with van der Waals surface area (Å²) in [6.45, 7) is 5.55. The van der Waals surface area contributed by atoms with Crippen LogP contribution in [-0.2, 0) is 18.3 Å². The van der Waals surface area contributed by atoms with Crippen LogP contribution < -0.4 is 5.32 Å². The summed E-state index contributed by atoms with van der Waals surface area (Å²) < 4.78 is 0. The molecule has 1 N–H and O–H groups in total. The first-order valence-corrected chi connectivity index (χ1v) is 5.44. The van der Waals surface area contributed by atoms with Gasteiger partial charge in [-0.15, -0.1) is 0 Å². The largest absolute Gasteiger partial charge is 0.383 e. The van der Waals surface area contributed by atoms with Crippen molar-refractivity contribution in [2.45, 2.75) is 38.5 Å². The van der Waals surface area contributed by atoms with Crippen LogP contribution in [0, 0.1) is 0 Å². The lowest BCUT2D eigenvalue weighted by molar-refractivity contribution is 0.566. The van der Waals surface area contributed by atoms with E-state index in [1.54, 1.807) is 0 Å². The molecule has 0 atom stereocenters. The van der Waals surface area contributed by atoms with Crippen molar-refractivity contribution in [3.63, 3.8) is 0 Å². The van der Waals surface area contributed by atoms with E-state index in [1.165, 1.54) is 41.9 Å². The summed E-state index contributed by atoms with van der Waals surface area (Å²) in [4.78, 5) is 4.82. The smallest absolute Gasteiger partial charge is 0.0711 e. The summed E-state index contributed by atoms with van der Waals surface area (Å²) >= 11 is 0. The van der Waals surface area contributed by atoms with Crippen LogP contribution in [0.25, 0.3) is 0 Å². The molecule has 0 saturated heterocycles. The third-order valence-electron chi connectivity index (χ3n) is 3.41. The van der Waals surface area contributed by atoms with Crippen LogP contribution in [-0.4, -0.2) is 11.5 Å². The highest BCUT2D eigenvalue weighted by atomic mass is 15.0. The Kier molecular flexibility index (Phi) is 1.48. The lowest BCUT2D eigenvalue weighted by Crippen LogP contribution is -2.20. The molecule has 0 radical (unpaired) electrons. The number of fused-ring (bicyclic) bond motifs is 2. The van der Waals surface area contributed by atoms with Gasteiger partial charge in [0.1, 0.15) is 0 Å². The van der Waals surface area contributed by atoms with E-state index in [9.17, 15) is 0 Å². The average Bonchev–Trinajstić information content (AvgIpc) is 2.69. The fourth-order valence-electron chi connectivity index (χ4n) is 2.52. The lowest BCUT2D eigenvalue weighted by atomic mass is 9.91. The van der Waals surface area contributed by atoms with Crippen molar-refractivity contribution < 1.29 is 0 Å². The molecule has 14 heavy (non-hydrogen) atoms. The molecule has 1 aromatic rings. The molecule has 0 spiro atoms. The van der Waals surface area contributed by atoms with Crippen molar-refractivity contribution in [3.05, 3.63) is 23.0 Å². The molecule has 3 rings (SSSR count). The van der Waals surface area contributed by atoms with Crippen LogP contribution in [0.5, 0.6) is 0 Å². The summed E-state index contributed by atoms with van der Waals surface area (Å²) in [7, 11) is 0. The van der Waals surface area contributed by atoms with Gasteiger partial charge in [-0.1, -0.05) is 13.8 Å². The molecule has 2 aliphatic rings. The Labute approximate surface area is 84.7 Å². The standard InChI is InChI=1S/C12H16N2/c1-12(2)7-13-10-6-8-4-3-5-9(8)14-11(10)12/h6,13H,3-5,7H2,1-2H3. The summed E-state index contributed by atoms with van der Waals surface area (Å²) in [6, 6.07) is 2.32. The van der Waals surface area contributed by atoms with E-state index in [1.807, 2.05) is 0 Å². The monoisotopic (exact) mass is 188 g/mol. The first-order chi connectivity index (χ1) is 6.67. The number of nitrogens with one attached hydrogen (secondary N) is 1. The van der Waals surface area contributed by atoms with Crippen molar-refractivity contribution >= 4 is 5.69 Å². The van der Waals surface area contributed by atoms with Gasteiger partial charge in [-0.25, -0.2) is 0 Å². The molecule has 0 aromatic carbocycles. The van der Waals surface area contributed by atoms with Crippen molar-refractivity contribution in [3.8, 4) is 0 Å². The van der Waals surface area contributed by atoms with Gasteiger partial charge in [-0.3, -0.25) is 4.98 Å². The lowest BCUT2D eigenvalue weighted by Gasteiger charge is -2.16.